The second-order valence-corrected chi connectivity index (χ2v) is 7.96. The van der Waals surface area contributed by atoms with Gasteiger partial charge in [0, 0.05) is 38.3 Å². The van der Waals surface area contributed by atoms with Crippen LogP contribution in [0.3, 0.4) is 0 Å². The van der Waals surface area contributed by atoms with E-state index in [0.717, 1.165) is 5.56 Å². The van der Waals surface area contributed by atoms with E-state index in [4.69, 9.17) is 10.1 Å². The largest absolute Gasteiger partial charge is 0.379 e. The number of hydrogen-bond donors (Lipinski definition) is 2. The van der Waals surface area contributed by atoms with Gasteiger partial charge in [-0.15, -0.1) is 0 Å². The van der Waals surface area contributed by atoms with Crippen LogP contribution in [0.25, 0.3) is 16.7 Å². The summed E-state index contributed by atoms with van der Waals surface area (Å²) in [4.78, 5) is 34.9. The van der Waals surface area contributed by atoms with E-state index in [1.165, 1.54) is 10.5 Å². The minimum absolute atomic E-state index is 0.00270. The summed E-state index contributed by atoms with van der Waals surface area (Å²) in [5.41, 5.74) is 1.53. The molecule has 0 aliphatic carbocycles. The summed E-state index contributed by atoms with van der Waals surface area (Å²) in [6.45, 7) is 5.07. The summed E-state index contributed by atoms with van der Waals surface area (Å²) in [6, 6.07) is 10.4. The van der Waals surface area contributed by atoms with Gasteiger partial charge in [-0.2, -0.15) is 0 Å². The monoisotopic (exact) mass is 446 g/mol. The molecule has 4 aromatic rings. The van der Waals surface area contributed by atoms with Crippen LogP contribution in [-0.2, 0) is 17.8 Å². The number of amides is 1. The van der Waals surface area contributed by atoms with Crippen LogP contribution in [0.4, 0.5) is 0 Å². The third kappa shape index (κ3) is 4.83. The first-order valence-electron chi connectivity index (χ1n) is 10.8. The number of pyridine rings is 3. The number of carbonyl (C=O) groups is 1. The molecule has 0 aliphatic heterocycles. The van der Waals surface area contributed by atoms with Crippen LogP contribution < -0.4 is 16.4 Å². The first-order chi connectivity index (χ1) is 16.0. The number of nitrogens with one attached hydrogen (secondary N) is 2. The Bertz CT molecular complexity index is 1410. The van der Waals surface area contributed by atoms with Crippen molar-refractivity contribution in [1.29, 1.82) is 5.41 Å². The molecule has 0 radical (unpaired) electrons. The SMILES string of the molecule is CC(C)OCCCn1c(=N)c(C(=O)NCc2cccnc2)cc2c(=O)n3ccccc3nc21. The second kappa shape index (κ2) is 9.74. The zero-order chi connectivity index (χ0) is 23.4. The molecule has 0 fully saturated rings. The molecule has 0 spiro atoms. The minimum atomic E-state index is -0.435. The molecule has 0 saturated heterocycles. The number of hydrogen-bond acceptors (Lipinski definition) is 6. The molecule has 0 saturated carbocycles. The smallest absolute Gasteiger partial charge is 0.267 e. The van der Waals surface area contributed by atoms with Gasteiger partial charge < -0.3 is 14.6 Å². The average molecular weight is 447 g/mol. The van der Waals surface area contributed by atoms with Gasteiger partial charge in [0.2, 0.25) is 0 Å². The van der Waals surface area contributed by atoms with E-state index in [-0.39, 0.29) is 34.6 Å². The summed E-state index contributed by atoms with van der Waals surface area (Å²) in [5, 5.41) is 11.8. The molecule has 0 aromatic carbocycles. The highest BCUT2D eigenvalue weighted by Crippen LogP contribution is 2.11. The molecule has 9 heteroatoms. The van der Waals surface area contributed by atoms with E-state index in [1.54, 1.807) is 47.4 Å². The topological polar surface area (TPSA) is 114 Å². The Morgan fingerprint density at radius 2 is 2.09 bits per heavy atom. The molecule has 33 heavy (non-hydrogen) atoms. The molecule has 0 aliphatic rings. The van der Waals surface area contributed by atoms with Crippen LogP contribution >= 0.6 is 0 Å². The summed E-state index contributed by atoms with van der Waals surface area (Å²) in [7, 11) is 0. The van der Waals surface area contributed by atoms with Crippen LogP contribution in [0.2, 0.25) is 0 Å². The van der Waals surface area contributed by atoms with Crippen LogP contribution in [0.1, 0.15) is 36.2 Å². The molecule has 2 N–H and O–H groups in total. The van der Waals surface area contributed by atoms with Crippen LogP contribution in [0.15, 0.2) is 59.8 Å². The lowest BCUT2D eigenvalue weighted by atomic mass is 10.2. The summed E-state index contributed by atoms with van der Waals surface area (Å²) >= 11 is 0. The number of aromatic nitrogens is 4. The van der Waals surface area contributed by atoms with E-state index in [2.05, 4.69) is 15.3 Å². The standard InChI is InChI=1S/C24H26N6O3/c1-16(2)33-12-6-11-30-21(25)18(23(31)27-15-17-7-5-9-26-14-17)13-19-22(30)28-20-8-3-4-10-29(20)24(19)32/h3-5,7-10,13-14,16,25H,6,11-12,15H2,1-2H3,(H,27,31). The van der Waals surface area contributed by atoms with Gasteiger partial charge in [-0.25, -0.2) is 4.98 Å². The number of ether oxygens (including phenoxy) is 1. The first kappa shape index (κ1) is 22.3. The van der Waals surface area contributed by atoms with Crippen LogP contribution in [0, 0.1) is 5.41 Å². The van der Waals surface area contributed by atoms with Crippen molar-refractivity contribution in [1.82, 2.24) is 24.3 Å². The van der Waals surface area contributed by atoms with Crippen LogP contribution in [-0.4, -0.2) is 37.6 Å². The third-order valence-corrected chi connectivity index (χ3v) is 5.22. The van der Waals surface area contributed by atoms with Gasteiger partial charge in [0.25, 0.3) is 11.5 Å². The number of nitrogens with zero attached hydrogens (tertiary/aromatic N) is 4. The highest BCUT2D eigenvalue weighted by Gasteiger charge is 2.17. The Labute approximate surface area is 190 Å². The van der Waals surface area contributed by atoms with Crippen LogP contribution in [0.5, 0.6) is 0 Å². The van der Waals surface area contributed by atoms with Gasteiger partial charge in [0.15, 0.2) is 0 Å². The Morgan fingerprint density at radius 1 is 1.24 bits per heavy atom. The Morgan fingerprint density at radius 3 is 2.85 bits per heavy atom. The molecule has 4 heterocycles. The van der Waals surface area contributed by atoms with Crippen molar-refractivity contribution in [3.63, 3.8) is 0 Å². The maximum absolute atomic E-state index is 13.2. The fourth-order valence-corrected chi connectivity index (χ4v) is 3.60. The number of carbonyl (C=O) groups excluding carboxylic acids is 1. The van der Waals surface area contributed by atoms with Gasteiger partial charge >= 0.3 is 0 Å². The molecule has 4 rings (SSSR count). The molecule has 4 aromatic heterocycles. The van der Waals surface area contributed by atoms with Gasteiger partial charge in [-0.3, -0.25) is 24.4 Å². The zero-order valence-electron chi connectivity index (χ0n) is 18.6. The maximum atomic E-state index is 13.2. The fraction of sp³-hybridized carbons (Fsp3) is 0.292. The van der Waals surface area contributed by atoms with Crippen molar-refractivity contribution >= 4 is 22.6 Å². The lowest BCUT2D eigenvalue weighted by molar-refractivity contribution is 0.0748. The van der Waals surface area contributed by atoms with Crippen molar-refractivity contribution in [3.8, 4) is 0 Å². The summed E-state index contributed by atoms with van der Waals surface area (Å²) in [6.07, 6.45) is 5.67. The average Bonchev–Trinajstić information content (AvgIpc) is 2.82. The molecule has 0 bridgehead atoms. The van der Waals surface area contributed by atoms with Gasteiger partial charge in [0.1, 0.15) is 16.8 Å². The Hall–Kier alpha value is -3.85. The maximum Gasteiger partial charge on any atom is 0.267 e. The number of rotatable bonds is 8. The molecule has 170 valence electrons. The lowest BCUT2D eigenvalue weighted by Crippen LogP contribution is -2.35. The Kier molecular flexibility index (Phi) is 6.60. The van der Waals surface area contributed by atoms with E-state index >= 15 is 0 Å². The molecular formula is C24H26N6O3. The van der Waals surface area contributed by atoms with Crippen molar-refractivity contribution in [2.75, 3.05) is 6.61 Å². The van der Waals surface area contributed by atoms with E-state index in [9.17, 15) is 9.59 Å². The molecular weight excluding hydrogens is 420 g/mol. The normalized spacial score (nSPS) is 11.4. The molecule has 9 nitrogen and oxygen atoms in total. The predicted molar refractivity (Wildman–Crippen MR) is 124 cm³/mol. The second-order valence-electron chi connectivity index (χ2n) is 7.96. The molecule has 0 unspecified atom stereocenters. The quantitative estimate of drug-likeness (QED) is 0.318. The van der Waals surface area contributed by atoms with Gasteiger partial charge in [-0.05, 0) is 50.1 Å². The van der Waals surface area contributed by atoms with Crippen molar-refractivity contribution in [2.45, 2.75) is 39.5 Å². The minimum Gasteiger partial charge on any atom is -0.379 e. The summed E-state index contributed by atoms with van der Waals surface area (Å²) in [5.74, 6) is -0.435. The van der Waals surface area contributed by atoms with E-state index in [0.29, 0.717) is 30.9 Å². The van der Waals surface area contributed by atoms with E-state index in [1.807, 2.05) is 19.9 Å². The lowest BCUT2D eigenvalue weighted by Gasteiger charge is -2.15. The third-order valence-electron chi connectivity index (χ3n) is 5.22. The first-order valence-corrected chi connectivity index (χ1v) is 10.8. The van der Waals surface area contributed by atoms with Crippen molar-refractivity contribution in [2.24, 2.45) is 0 Å². The van der Waals surface area contributed by atoms with E-state index < -0.39 is 5.91 Å². The number of fused-ring (bicyclic) bond motifs is 2. The Balaban J connectivity index is 1.77. The summed E-state index contributed by atoms with van der Waals surface area (Å²) < 4.78 is 8.69. The zero-order valence-corrected chi connectivity index (χ0v) is 18.6. The van der Waals surface area contributed by atoms with Gasteiger partial charge in [0.05, 0.1) is 17.1 Å². The highest BCUT2D eigenvalue weighted by atomic mass is 16.5. The molecule has 0 atom stereocenters. The van der Waals surface area contributed by atoms with Crippen molar-refractivity contribution < 1.29 is 9.53 Å². The predicted octanol–water partition coefficient (Wildman–Crippen LogP) is 2.27. The molecule has 1 amide bonds. The van der Waals surface area contributed by atoms with Crippen molar-refractivity contribution in [3.05, 3.63) is 82.0 Å². The fourth-order valence-electron chi connectivity index (χ4n) is 3.60. The highest BCUT2D eigenvalue weighted by molar-refractivity contribution is 5.96. The van der Waals surface area contributed by atoms with Gasteiger partial charge in [-0.1, -0.05) is 12.1 Å². The number of aryl methyl sites for hydroxylation is 1.